The number of nitrogens with one attached hydrogen (secondary N) is 1. The number of hydrogen-bond acceptors (Lipinski definition) is 5. The molecule has 69 heavy (non-hydrogen) atoms. The van der Waals surface area contributed by atoms with E-state index < -0.39 is 20.0 Å². The Morgan fingerprint density at radius 3 is 1.16 bits per heavy atom. The van der Waals surface area contributed by atoms with Crippen molar-refractivity contribution in [1.29, 1.82) is 0 Å². The lowest BCUT2D eigenvalue weighted by molar-refractivity contribution is -0.870. The summed E-state index contributed by atoms with van der Waals surface area (Å²) in [7, 11) is 1.55. The van der Waals surface area contributed by atoms with Crippen LogP contribution in [0.25, 0.3) is 0 Å². The van der Waals surface area contributed by atoms with Gasteiger partial charge in [-0.3, -0.25) is 13.8 Å². The third-order valence-corrected chi connectivity index (χ3v) is 14.2. The topological polar surface area (TPSA) is 105 Å². The molecule has 0 aromatic rings. The normalized spacial score (nSPS) is 14.2. The van der Waals surface area contributed by atoms with Crippen LogP contribution < -0.4 is 5.32 Å². The second-order valence-electron chi connectivity index (χ2n) is 21.3. The molecule has 3 N–H and O–H groups in total. The van der Waals surface area contributed by atoms with Crippen LogP contribution in [0.3, 0.4) is 0 Å². The Hall–Kier alpha value is -1.54. The molecule has 0 spiro atoms. The molecule has 9 heteroatoms. The van der Waals surface area contributed by atoms with Gasteiger partial charge in [-0.1, -0.05) is 249 Å². The minimum absolute atomic E-state index is 0.0536. The fourth-order valence-corrected chi connectivity index (χ4v) is 9.34. The van der Waals surface area contributed by atoms with E-state index in [0.717, 1.165) is 44.9 Å². The maximum atomic E-state index is 13.0. The molecule has 3 unspecified atom stereocenters. The van der Waals surface area contributed by atoms with Gasteiger partial charge in [0.15, 0.2) is 0 Å². The number of phosphoric ester groups is 1. The zero-order chi connectivity index (χ0) is 50.6. The molecule has 0 aliphatic rings. The summed E-state index contributed by atoms with van der Waals surface area (Å²) in [6, 6.07) is -0.869. The smallest absolute Gasteiger partial charge is 0.387 e. The Morgan fingerprint density at radius 1 is 0.478 bits per heavy atom. The molecule has 0 aliphatic carbocycles. The van der Waals surface area contributed by atoms with Gasteiger partial charge in [-0.15, -0.1) is 0 Å². The second-order valence-corrected chi connectivity index (χ2v) is 22.8. The van der Waals surface area contributed by atoms with E-state index in [-0.39, 0.29) is 19.1 Å². The van der Waals surface area contributed by atoms with Gasteiger partial charge in [0.05, 0.1) is 39.9 Å². The van der Waals surface area contributed by atoms with Crippen molar-refractivity contribution in [2.75, 3.05) is 40.9 Å². The number of likely N-dealkylation sites (N-methyl/N-ethyl adjacent to an activating group) is 1. The van der Waals surface area contributed by atoms with Gasteiger partial charge < -0.3 is 19.8 Å². The van der Waals surface area contributed by atoms with E-state index in [9.17, 15) is 19.4 Å². The van der Waals surface area contributed by atoms with Crippen LogP contribution in [0.4, 0.5) is 0 Å². The Morgan fingerprint density at radius 2 is 0.797 bits per heavy atom. The van der Waals surface area contributed by atoms with Gasteiger partial charge >= 0.3 is 7.82 Å². The van der Waals surface area contributed by atoms with E-state index in [1.54, 1.807) is 6.08 Å². The van der Waals surface area contributed by atoms with E-state index in [2.05, 4.69) is 55.6 Å². The summed E-state index contributed by atoms with van der Waals surface area (Å²) >= 11 is 0. The van der Waals surface area contributed by atoms with E-state index in [1.807, 2.05) is 27.2 Å². The number of phosphoric acid groups is 1. The van der Waals surface area contributed by atoms with Gasteiger partial charge in [0.1, 0.15) is 13.2 Å². The highest BCUT2D eigenvalue weighted by Gasteiger charge is 2.27. The predicted molar refractivity (Wildman–Crippen MR) is 300 cm³/mol. The maximum Gasteiger partial charge on any atom is 0.472 e. The first-order valence-corrected chi connectivity index (χ1v) is 31.0. The fraction of sp³-hybridized carbons (Fsp3) is 0.850. The monoisotopic (exact) mass is 992 g/mol. The van der Waals surface area contributed by atoms with Crippen LogP contribution >= 0.6 is 7.82 Å². The first kappa shape index (κ1) is 67.5. The molecule has 0 aliphatic heterocycles. The number of rotatable bonds is 54. The van der Waals surface area contributed by atoms with Crippen molar-refractivity contribution in [2.24, 2.45) is 0 Å². The van der Waals surface area contributed by atoms with Crippen LogP contribution in [0, 0.1) is 0 Å². The van der Waals surface area contributed by atoms with Gasteiger partial charge in [-0.2, -0.15) is 0 Å². The molecule has 0 aromatic carbocycles. The molecule has 0 radical (unpaired) electrons. The molecule has 0 heterocycles. The number of carbonyl (C=O) groups is 1. The number of hydrogen-bond donors (Lipinski definition) is 3. The quantitative estimate of drug-likeness (QED) is 0.0243. The van der Waals surface area contributed by atoms with Crippen LogP contribution in [0.2, 0.25) is 0 Å². The van der Waals surface area contributed by atoms with Crippen molar-refractivity contribution in [3.05, 3.63) is 48.6 Å². The molecule has 0 fully saturated rings. The predicted octanol–water partition coefficient (Wildman–Crippen LogP) is 17.9. The highest BCUT2D eigenvalue weighted by Crippen LogP contribution is 2.43. The Kier molecular flexibility index (Phi) is 50.2. The number of aliphatic hydroxyl groups excluding tert-OH is 1. The molecule has 8 nitrogen and oxygen atoms in total. The summed E-state index contributed by atoms with van der Waals surface area (Å²) in [4.78, 5) is 23.3. The highest BCUT2D eigenvalue weighted by atomic mass is 31.2. The van der Waals surface area contributed by atoms with Crippen molar-refractivity contribution < 1.29 is 32.9 Å². The lowest BCUT2D eigenvalue weighted by Gasteiger charge is -2.25. The number of unbranched alkanes of at least 4 members (excludes halogenated alkanes) is 35. The SMILES string of the molecule is CCCCCCCC/C=C/CC/C=C/CC/C=C/C(O)C(COP(=O)(O)OCC[N+](C)(C)C)NC(=O)CCCCCCCCCCCCCCCCC/C=C\CCCCCCCCCCCCCC. The number of aliphatic hydroxyl groups is 1. The second kappa shape index (κ2) is 51.4. The highest BCUT2D eigenvalue weighted by molar-refractivity contribution is 7.47. The van der Waals surface area contributed by atoms with Crippen LogP contribution in [-0.2, 0) is 18.4 Å². The first-order chi connectivity index (χ1) is 33.5. The standard InChI is InChI=1S/C60H115N2O6P/c1-6-8-10-12-14-16-18-20-22-24-25-26-27-28-29-30-31-32-33-34-35-36-37-38-40-42-44-46-48-50-52-54-60(64)61-58(57-68-69(65,66)67-56-55-62(3,4)5)59(63)53-51-49-47-45-43-41-39-23-21-19-17-15-13-11-9-7-2/h21,23,28-29,43,45,51,53,58-59,63H,6-20,22,24-27,30-42,44,46-50,52,54-57H2,1-5H3,(H-,61,64,65,66)/p+1/b23-21+,29-28-,45-43+,53-51+. The zero-order valence-electron chi connectivity index (χ0n) is 46.3. The lowest BCUT2D eigenvalue weighted by atomic mass is 10.0. The van der Waals surface area contributed by atoms with Crippen LogP contribution in [0.5, 0.6) is 0 Å². The summed E-state index contributed by atoms with van der Waals surface area (Å²) in [5.74, 6) is -0.189. The van der Waals surface area contributed by atoms with Crippen molar-refractivity contribution >= 4 is 13.7 Å². The summed E-state index contributed by atoms with van der Waals surface area (Å²) < 4.78 is 23.7. The number of allylic oxidation sites excluding steroid dienone is 7. The number of nitrogens with zero attached hydrogens (tertiary/aromatic N) is 1. The van der Waals surface area contributed by atoms with E-state index in [1.165, 1.54) is 212 Å². The van der Waals surface area contributed by atoms with E-state index >= 15 is 0 Å². The molecule has 1 amide bonds. The molecule has 0 saturated carbocycles. The van der Waals surface area contributed by atoms with Crippen LogP contribution in [0.1, 0.15) is 277 Å². The molecule has 0 rings (SSSR count). The van der Waals surface area contributed by atoms with Crippen molar-refractivity contribution in [3.63, 3.8) is 0 Å². The molecular formula is C60H116N2O6P+. The van der Waals surface area contributed by atoms with Crippen LogP contribution in [0.15, 0.2) is 48.6 Å². The minimum Gasteiger partial charge on any atom is -0.387 e. The van der Waals surface area contributed by atoms with Crippen molar-refractivity contribution in [3.8, 4) is 0 Å². The average molecular weight is 993 g/mol. The molecule has 406 valence electrons. The molecule has 0 aromatic heterocycles. The lowest BCUT2D eigenvalue weighted by Crippen LogP contribution is -2.45. The Balaban J connectivity index is 4.11. The first-order valence-electron chi connectivity index (χ1n) is 29.5. The minimum atomic E-state index is -4.36. The number of carbonyl (C=O) groups excluding carboxylic acids is 1. The maximum absolute atomic E-state index is 13.0. The largest absolute Gasteiger partial charge is 0.472 e. The third-order valence-electron chi connectivity index (χ3n) is 13.2. The van der Waals surface area contributed by atoms with Crippen LogP contribution in [-0.4, -0.2) is 73.4 Å². The van der Waals surface area contributed by atoms with Gasteiger partial charge in [0.25, 0.3) is 0 Å². The van der Waals surface area contributed by atoms with Gasteiger partial charge in [0, 0.05) is 6.42 Å². The molecule has 0 saturated heterocycles. The third kappa shape index (κ3) is 54.1. The number of quaternary nitrogens is 1. The Labute approximate surface area is 429 Å². The Bertz CT molecular complexity index is 1260. The summed E-state index contributed by atoms with van der Waals surface area (Å²) in [6.07, 6.45) is 68.0. The van der Waals surface area contributed by atoms with Crippen molar-refractivity contribution in [1.82, 2.24) is 5.32 Å². The van der Waals surface area contributed by atoms with Crippen molar-refractivity contribution in [2.45, 2.75) is 289 Å². The van der Waals surface area contributed by atoms with E-state index in [4.69, 9.17) is 9.05 Å². The molecule has 3 atom stereocenters. The summed E-state index contributed by atoms with van der Waals surface area (Å²) in [5, 5.41) is 13.9. The average Bonchev–Trinajstić information content (AvgIpc) is 3.31. The van der Waals surface area contributed by atoms with Gasteiger partial charge in [-0.25, -0.2) is 4.57 Å². The van der Waals surface area contributed by atoms with Gasteiger partial charge in [-0.05, 0) is 70.6 Å². The summed E-state index contributed by atoms with van der Waals surface area (Å²) in [5.41, 5.74) is 0. The fourth-order valence-electron chi connectivity index (χ4n) is 8.60. The number of amides is 1. The van der Waals surface area contributed by atoms with Gasteiger partial charge in [0.2, 0.25) is 5.91 Å². The summed E-state index contributed by atoms with van der Waals surface area (Å²) in [6.45, 7) is 4.80. The van der Waals surface area contributed by atoms with E-state index in [0.29, 0.717) is 17.4 Å². The molecular weight excluding hydrogens is 876 g/mol. The molecule has 0 bridgehead atoms. The zero-order valence-corrected chi connectivity index (χ0v) is 47.2.